The molecule has 0 aromatic rings. The van der Waals surface area contributed by atoms with Crippen molar-refractivity contribution >= 4 is 12.0 Å². The van der Waals surface area contributed by atoms with Crippen LogP contribution in [0, 0.1) is 23.2 Å². The van der Waals surface area contributed by atoms with Crippen LogP contribution in [0.25, 0.3) is 0 Å². The van der Waals surface area contributed by atoms with Crippen molar-refractivity contribution in [2.75, 3.05) is 20.1 Å². The summed E-state index contributed by atoms with van der Waals surface area (Å²) in [6.45, 7) is 4.00. The van der Waals surface area contributed by atoms with Crippen LogP contribution in [0.3, 0.4) is 0 Å². The highest BCUT2D eigenvalue weighted by Gasteiger charge is 2.13. The summed E-state index contributed by atoms with van der Waals surface area (Å²) >= 11 is 0. The van der Waals surface area contributed by atoms with Gasteiger partial charge in [0.2, 0.25) is 0 Å². The fourth-order valence-corrected chi connectivity index (χ4v) is 1.19. The number of carbonyl (C=O) groups is 2. The molecular formula is C11H19N3O3. The zero-order chi connectivity index (χ0) is 13.4. The molecule has 0 aliphatic rings. The highest BCUT2D eigenvalue weighted by atomic mass is 16.4. The second kappa shape index (κ2) is 7.49. The Labute approximate surface area is 101 Å². The van der Waals surface area contributed by atoms with Crippen LogP contribution in [0.1, 0.15) is 20.3 Å². The van der Waals surface area contributed by atoms with Gasteiger partial charge in [-0.3, -0.25) is 4.79 Å². The number of rotatable bonds is 6. The molecule has 2 atom stereocenters. The summed E-state index contributed by atoms with van der Waals surface area (Å²) in [6, 6.07) is 1.75. The molecule has 0 aromatic heterocycles. The predicted octanol–water partition coefficient (Wildman–Crippen LogP) is 0.898. The summed E-state index contributed by atoms with van der Waals surface area (Å²) in [4.78, 5) is 23.5. The van der Waals surface area contributed by atoms with Crippen LogP contribution in [-0.4, -0.2) is 42.1 Å². The molecule has 0 spiro atoms. The number of nitriles is 1. The molecule has 6 nitrogen and oxygen atoms in total. The number of urea groups is 1. The maximum absolute atomic E-state index is 11.5. The maximum atomic E-state index is 11.5. The number of carboxylic acid groups (broad SMARTS) is 1. The number of carbonyl (C=O) groups excluding carboxylic acids is 1. The SMILES string of the molecule is CC(C#N)CN(C)C(=O)NCCC(C)C(=O)O. The Bertz CT molecular complexity index is 312. The topological polar surface area (TPSA) is 93.4 Å². The largest absolute Gasteiger partial charge is 0.481 e. The van der Waals surface area contributed by atoms with Gasteiger partial charge in [0.15, 0.2) is 0 Å². The summed E-state index contributed by atoms with van der Waals surface area (Å²) in [5.74, 6) is -1.56. The van der Waals surface area contributed by atoms with Crippen molar-refractivity contribution in [1.29, 1.82) is 5.26 Å². The van der Waals surface area contributed by atoms with E-state index in [-0.39, 0.29) is 11.9 Å². The Balaban J connectivity index is 3.87. The Morgan fingerprint density at radius 1 is 1.47 bits per heavy atom. The molecule has 2 N–H and O–H groups in total. The Kier molecular flexibility index (Phi) is 6.71. The third-order valence-corrected chi connectivity index (χ3v) is 2.39. The lowest BCUT2D eigenvalue weighted by Crippen LogP contribution is -2.40. The van der Waals surface area contributed by atoms with Crippen molar-refractivity contribution in [3.63, 3.8) is 0 Å². The maximum Gasteiger partial charge on any atom is 0.317 e. The van der Waals surface area contributed by atoms with Crippen molar-refractivity contribution in [1.82, 2.24) is 10.2 Å². The van der Waals surface area contributed by atoms with Crippen LogP contribution in [0.2, 0.25) is 0 Å². The molecule has 0 aliphatic carbocycles. The Morgan fingerprint density at radius 3 is 2.53 bits per heavy atom. The van der Waals surface area contributed by atoms with Gasteiger partial charge in [-0.15, -0.1) is 0 Å². The number of hydrogen-bond acceptors (Lipinski definition) is 3. The number of nitrogens with one attached hydrogen (secondary N) is 1. The predicted molar refractivity (Wildman–Crippen MR) is 62.2 cm³/mol. The van der Waals surface area contributed by atoms with Crippen molar-refractivity contribution in [2.24, 2.45) is 11.8 Å². The quantitative estimate of drug-likeness (QED) is 0.722. The van der Waals surface area contributed by atoms with Crippen LogP contribution in [0.15, 0.2) is 0 Å². The van der Waals surface area contributed by atoms with E-state index in [1.807, 2.05) is 6.07 Å². The van der Waals surface area contributed by atoms with Crippen molar-refractivity contribution in [3.8, 4) is 6.07 Å². The van der Waals surface area contributed by atoms with Gasteiger partial charge in [-0.05, 0) is 13.3 Å². The van der Waals surface area contributed by atoms with Gasteiger partial charge in [0.1, 0.15) is 0 Å². The summed E-state index contributed by atoms with van der Waals surface area (Å²) in [7, 11) is 1.60. The van der Waals surface area contributed by atoms with Crippen molar-refractivity contribution in [2.45, 2.75) is 20.3 Å². The highest BCUT2D eigenvalue weighted by Crippen LogP contribution is 2.00. The molecule has 0 fully saturated rings. The zero-order valence-electron chi connectivity index (χ0n) is 10.4. The zero-order valence-corrected chi connectivity index (χ0v) is 10.4. The van der Waals surface area contributed by atoms with Gasteiger partial charge in [0, 0.05) is 20.1 Å². The van der Waals surface area contributed by atoms with E-state index >= 15 is 0 Å². The first-order valence-electron chi connectivity index (χ1n) is 5.49. The lowest BCUT2D eigenvalue weighted by Gasteiger charge is -2.19. The molecule has 0 saturated heterocycles. The molecular weight excluding hydrogens is 222 g/mol. The van der Waals surface area contributed by atoms with Gasteiger partial charge in [0.05, 0.1) is 17.9 Å². The van der Waals surface area contributed by atoms with Crippen LogP contribution < -0.4 is 5.32 Å². The molecule has 0 aliphatic heterocycles. The minimum Gasteiger partial charge on any atom is -0.481 e. The Hall–Kier alpha value is -1.77. The monoisotopic (exact) mass is 241 g/mol. The second-order valence-electron chi connectivity index (χ2n) is 4.17. The van der Waals surface area contributed by atoms with Gasteiger partial charge in [-0.2, -0.15) is 5.26 Å². The van der Waals surface area contributed by atoms with Crippen LogP contribution >= 0.6 is 0 Å². The molecule has 0 saturated carbocycles. The Morgan fingerprint density at radius 2 is 2.06 bits per heavy atom. The molecule has 17 heavy (non-hydrogen) atoms. The highest BCUT2D eigenvalue weighted by molar-refractivity contribution is 5.74. The number of hydrogen-bond donors (Lipinski definition) is 2. The lowest BCUT2D eigenvalue weighted by atomic mass is 10.1. The van der Waals surface area contributed by atoms with Crippen molar-refractivity contribution < 1.29 is 14.7 Å². The van der Waals surface area contributed by atoms with E-state index in [4.69, 9.17) is 10.4 Å². The second-order valence-corrected chi connectivity index (χ2v) is 4.17. The summed E-state index contributed by atoms with van der Waals surface area (Å²) < 4.78 is 0. The first-order chi connectivity index (χ1) is 7.88. The fraction of sp³-hybridized carbons (Fsp3) is 0.727. The minimum absolute atomic E-state index is 0.219. The smallest absolute Gasteiger partial charge is 0.317 e. The number of nitrogens with zero attached hydrogens (tertiary/aromatic N) is 2. The van der Waals surface area contributed by atoms with E-state index in [1.54, 1.807) is 20.9 Å². The lowest BCUT2D eigenvalue weighted by molar-refractivity contribution is -0.141. The molecule has 0 radical (unpaired) electrons. The average molecular weight is 241 g/mol. The van der Waals surface area contributed by atoms with E-state index in [0.29, 0.717) is 19.5 Å². The molecule has 0 bridgehead atoms. The molecule has 2 amide bonds. The third kappa shape index (κ3) is 6.40. The molecule has 2 unspecified atom stereocenters. The van der Waals surface area contributed by atoms with Gasteiger partial charge >= 0.3 is 12.0 Å². The molecule has 96 valence electrons. The van der Waals surface area contributed by atoms with Crippen LogP contribution in [0.5, 0.6) is 0 Å². The summed E-state index contributed by atoms with van der Waals surface area (Å²) in [6.07, 6.45) is 0.392. The average Bonchev–Trinajstić information content (AvgIpc) is 2.28. The van der Waals surface area contributed by atoms with Crippen LogP contribution in [-0.2, 0) is 4.79 Å². The third-order valence-electron chi connectivity index (χ3n) is 2.39. The van der Waals surface area contributed by atoms with E-state index < -0.39 is 11.9 Å². The molecule has 6 heteroatoms. The first-order valence-corrected chi connectivity index (χ1v) is 5.49. The van der Waals surface area contributed by atoms with Gasteiger partial charge in [-0.25, -0.2) is 4.79 Å². The fourth-order valence-electron chi connectivity index (χ4n) is 1.19. The summed E-state index contributed by atoms with van der Waals surface area (Å²) in [5, 5.41) is 19.9. The number of aliphatic carboxylic acids is 1. The molecule has 0 heterocycles. The number of amides is 2. The van der Waals surface area contributed by atoms with Crippen molar-refractivity contribution in [3.05, 3.63) is 0 Å². The molecule has 0 aromatic carbocycles. The number of carboxylic acids is 1. The van der Waals surface area contributed by atoms with Crippen LogP contribution in [0.4, 0.5) is 4.79 Å². The normalized spacial score (nSPS) is 13.3. The molecule has 0 rings (SSSR count). The standard InChI is InChI=1S/C11H19N3O3/c1-8(6-12)7-14(3)11(17)13-5-4-9(2)10(15)16/h8-9H,4-5,7H2,1-3H3,(H,13,17)(H,15,16). The van der Waals surface area contributed by atoms with E-state index in [1.165, 1.54) is 4.90 Å². The first kappa shape index (κ1) is 15.2. The minimum atomic E-state index is -0.870. The van der Waals surface area contributed by atoms with E-state index in [2.05, 4.69) is 5.32 Å². The van der Waals surface area contributed by atoms with Gasteiger partial charge in [0.25, 0.3) is 0 Å². The van der Waals surface area contributed by atoms with E-state index in [9.17, 15) is 9.59 Å². The van der Waals surface area contributed by atoms with E-state index in [0.717, 1.165) is 0 Å². The summed E-state index contributed by atoms with van der Waals surface area (Å²) in [5.41, 5.74) is 0. The van der Waals surface area contributed by atoms with Gasteiger partial charge in [-0.1, -0.05) is 6.92 Å². The van der Waals surface area contributed by atoms with Gasteiger partial charge < -0.3 is 15.3 Å².